The number of nitrogens with zero attached hydrogens (tertiary/aromatic N) is 2. The van der Waals surface area contributed by atoms with Crippen molar-refractivity contribution < 1.29 is 5.11 Å². The Bertz CT molecular complexity index is 539. The molecule has 1 N–H and O–H groups in total. The fourth-order valence-corrected chi connectivity index (χ4v) is 3.24. The number of phenolic OH excluding ortho intramolecular Hbond substituents is 1. The van der Waals surface area contributed by atoms with E-state index in [1.54, 1.807) is 23.9 Å². The Kier molecular flexibility index (Phi) is 3.79. The number of aromatic nitrogens is 2. The maximum absolute atomic E-state index is 9.38. The molecule has 0 unspecified atom stereocenters. The lowest BCUT2D eigenvalue weighted by molar-refractivity contribution is 0.474. The number of aryl methyl sites for hydroxylation is 2. The Hall–Kier alpha value is -0.940. The summed E-state index contributed by atoms with van der Waals surface area (Å²) in [4.78, 5) is 1.05. The first kappa shape index (κ1) is 12.5. The Balaban J connectivity index is 2.12. The minimum atomic E-state index is 0.301. The van der Waals surface area contributed by atoms with Crippen LogP contribution in [-0.2, 0) is 12.8 Å². The van der Waals surface area contributed by atoms with E-state index >= 15 is 0 Å². The van der Waals surface area contributed by atoms with E-state index in [1.807, 2.05) is 30.8 Å². The van der Waals surface area contributed by atoms with Gasteiger partial charge in [0.1, 0.15) is 5.75 Å². The molecule has 0 bridgehead atoms. The molecule has 0 aliphatic carbocycles. The van der Waals surface area contributed by atoms with Crippen LogP contribution in [0.2, 0.25) is 0 Å². The third kappa shape index (κ3) is 2.84. The molecular formula is C12H13BrN2OS. The van der Waals surface area contributed by atoms with E-state index in [2.05, 4.69) is 21.0 Å². The molecule has 0 saturated heterocycles. The minimum absolute atomic E-state index is 0.301. The molecule has 0 fully saturated rings. The quantitative estimate of drug-likeness (QED) is 0.882. The van der Waals surface area contributed by atoms with E-state index in [4.69, 9.17) is 0 Å². The number of hydrogen-bond acceptors (Lipinski definition) is 3. The second-order valence-corrected chi connectivity index (χ2v) is 5.60. The van der Waals surface area contributed by atoms with Gasteiger partial charge in [-0.1, -0.05) is 6.07 Å². The standard InChI is InChI=1S/C12H13BrN2OS/c1-8-12(13)11(15(2)14-8)7-17-10-5-3-4-9(16)6-10/h3-6,16H,7H2,1-2H3. The predicted molar refractivity (Wildman–Crippen MR) is 73.3 cm³/mol. The fraction of sp³-hybridized carbons (Fsp3) is 0.250. The van der Waals surface area contributed by atoms with E-state index in [0.29, 0.717) is 5.75 Å². The molecule has 0 radical (unpaired) electrons. The fourth-order valence-electron chi connectivity index (χ4n) is 1.56. The van der Waals surface area contributed by atoms with Gasteiger partial charge in [0.25, 0.3) is 0 Å². The molecule has 0 spiro atoms. The topological polar surface area (TPSA) is 38.0 Å². The molecule has 1 heterocycles. The lowest BCUT2D eigenvalue weighted by Crippen LogP contribution is -1.96. The number of phenols is 1. The van der Waals surface area contributed by atoms with Gasteiger partial charge in [0.15, 0.2) is 0 Å². The molecule has 0 aliphatic heterocycles. The van der Waals surface area contributed by atoms with Crippen LogP contribution < -0.4 is 0 Å². The van der Waals surface area contributed by atoms with Crippen LogP contribution >= 0.6 is 27.7 Å². The SMILES string of the molecule is Cc1nn(C)c(CSc2cccc(O)c2)c1Br. The number of thioether (sulfide) groups is 1. The molecule has 0 saturated carbocycles. The van der Waals surface area contributed by atoms with Gasteiger partial charge in [0.2, 0.25) is 0 Å². The van der Waals surface area contributed by atoms with E-state index in [0.717, 1.165) is 26.5 Å². The summed E-state index contributed by atoms with van der Waals surface area (Å²) in [6.07, 6.45) is 0. The van der Waals surface area contributed by atoms with Crippen molar-refractivity contribution >= 4 is 27.7 Å². The summed E-state index contributed by atoms with van der Waals surface area (Å²) in [5.74, 6) is 1.12. The monoisotopic (exact) mass is 312 g/mol. The van der Waals surface area contributed by atoms with Crippen molar-refractivity contribution in [3.63, 3.8) is 0 Å². The summed E-state index contributed by atoms with van der Waals surface area (Å²) >= 11 is 5.22. The van der Waals surface area contributed by atoms with Gasteiger partial charge < -0.3 is 5.11 Å². The number of rotatable bonds is 3. The van der Waals surface area contributed by atoms with Crippen LogP contribution in [0.1, 0.15) is 11.4 Å². The molecule has 0 atom stereocenters. The Labute approximate surface area is 113 Å². The third-order valence-electron chi connectivity index (χ3n) is 2.45. The first-order valence-electron chi connectivity index (χ1n) is 5.17. The zero-order chi connectivity index (χ0) is 12.4. The summed E-state index contributed by atoms with van der Waals surface area (Å²) in [6.45, 7) is 1.98. The van der Waals surface area contributed by atoms with E-state index in [-0.39, 0.29) is 0 Å². The van der Waals surface area contributed by atoms with Gasteiger partial charge in [-0.25, -0.2) is 0 Å². The second-order valence-electron chi connectivity index (χ2n) is 3.76. The van der Waals surface area contributed by atoms with Crippen LogP contribution in [0.5, 0.6) is 5.75 Å². The summed E-state index contributed by atoms with van der Waals surface area (Å²) in [7, 11) is 1.94. The van der Waals surface area contributed by atoms with Crippen molar-refractivity contribution in [3.05, 3.63) is 40.1 Å². The first-order valence-corrected chi connectivity index (χ1v) is 6.95. The average molecular weight is 313 g/mol. The van der Waals surface area contributed by atoms with Crippen LogP contribution in [-0.4, -0.2) is 14.9 Å². The highest BCUT2D eigenvalue weighted by Crippen LogP contribution is 2.29. The lowest BCUT2D eigenvalue weighted by atomic mass is 10.3. The van der Waals surface area contributed by atoms with E-state index < -0.39 is 0 Å². The lowest BCUT2D eigenvalue weighted by Gasteiger charge is -2.03. The summed E-state index contributed by atoms with van der Waals surface area (Å²) < 4.78 is 2.95. The Morgan fingerprint density at radius 2 is 2.24 bits per heavy atom. The molecule has 0 amide bonds. The molecule has 5 heteroatoms. The van der Waals surface area contributed by atoms with Crippen molar-refractivity contribution in [1.82, 2.24) is 9.78 Å². The molecule has 2 rings (SSSR count). The number of halogens is 1. The van der Waals surface area contributed by atoms with E-state index in [9.17, 15) is 5.11 Å². The van der Waals surface area contributed by atoms with Crippen molar-refractivity contribution in [1.29, 1.82) is 0 Å². The zero-order valence-corrected chi connectivity index (χ0v) is 12.0. The van der Waals surface area contributed by atoms with Gasteiger partial charge in [-0.15, -0.1) is 11.8 Å². The molecule has 90 valence electrons. The molecule has 3 nitrogen and oxygen atoms in total. The first-order chi connectivity index (χ1) is 8.08. The van der Waals surface area contributed by atoms with Crippen molar-refractivity contribution in [2.24, 2.45) is 7.05 Å². The molecular weight excluding hydrogens is 300 g/mol. The molecule has 0 aliphatic rings. The van der Waals surface area contributed by atoms with Gasteiger partial charge in [-0.05, 0) is 41.1 Å². The van der Waals surface area contributed by atoms with Crippen LogP contribution in [0, 0.1) is 6.92 Å². The molecule has 1 aromatic heterocycles. The van der Waals surface area contributed by atoms with Gasteiger partial charge in [0.05, 0.1) is 15.9 Å². The van der Waals surface area contributed by atoms with Gasteiger partial charge >= 0.3 is 0 Å². The number of hydrogen-bond donors (Lipinski definition) is 1. The van der Waals surface area contributed by atoms with Crippen LogP contribution in [0.15, 0.2) is 33.6 Å². The highest BCUT2D eigenvalue weighted by molar-refractivity contribution is 9.10. The smallest absolute Gasteiger partial charge is 0.116 e. The average Bonchev–Trinajstić information content (AvgIpc) is 2.51. The van der Waals surface area contributed by atoms with Gasteiger partial charge in [-0.3, -0.25) is 4.68 Å². The Morgan fingerprint density at radius 3 is 2.82 bits per heavy atom. The number of benzene rings is 1. The van der Waals surface area contributed by atoms with Crippen molar-refractivity contribution in [2.45, 2.75) is 17.6 Å². The minimum Gasteiger partial charge on any atom is -0.508 e. The highest BCUT2D eigenvalue weighted by Gasteiger charge is 2.10. The van der Waals surface area contributed by atoms with Crippen LogP contribution in [0.4, 0.5) is 0 Å². The van der Waals surface area contributed by atoms with Crippen molar-refractivity contribution in [3.8, 4) is 5.75 Å². The molecule has 17 heavy (non-hydrogen) atoms. The van der Waals surface area contributed by atoms with Gasteiger partial charge in [0, 0.05) is 17.7 Å². The number of aromatic hydroxyl groups is 1. The molecule has 1 aromatic carbocycles. The van der Waals surface area contributed by atoms with Crippen molar-refractivity contribution in [2.75, 3.05) is 0 Å². The van der Waals surface area contributed by atoms with Crippen LogP contribution in [0.25, 0.3) is 0 Å². The third-order valence-corrected chi connectivity index (χ3v) is 4.49. The summed E-state index contributed by atoms with van der Waals surface area (Å²) in [5.41, 5.74) is 2.15. The summed E-state index contributed by atoms with van der Waals surface area (Å²) in [5, 5.41) is 13.7. The second kappa shape index (κ2) is 5.14. The van der Waals surface area contributed by atoms with Gasteiger partial charge in [-0.2, -0.15) is 5.10 Å². The van der Waals surface area contributed by atoms with E-state index in [1.165, 1.54) is 0 Å². The predicted octanol–water partition coefficient (Wildman–Crippen LogP) is 3.49. The highest BCUT2D eigenvalue weighted by atomic mass is 79.9. The maximum Gasteiger partial charge on any atom is 0.116 e. The largest absolute Gasteiger partial charge is 0.508 e. The molecule has 2 aromatic rings. The Morgan fingerprint density at radius 1 is 1.47 bits per heavy atom. The normalized spacial score (nSPS) is 10.8. The van der Waals surface area contributed by atoms with Crippen LogP contribution in [0.3, 0.4) is 0 Å². The maximum atomic E-state index is 9.38. The summed E-state index contributed by atoms with van der Waals surface area (Å²) in [6, 6.07) is 7.28. The zero-order valence-electron chi connectivity index (χ0n) is 9.64.